The van der Waals surface area contributed by atoms with E-state index in [1.165, 1.54) is 4.68 Å². The Hall–Kier alpha value is -1.98. The number of nitrogens with two attached hydrogens (primary N) is 1. The number of nitrogens with zero attached hydrogens (tertiary/aromatic N) is 3. The van der Waals surface area contributed by atoms with Crippen LogP contribution in [0.15, 0.2) is 78.0 Å². The van der Waals surface area contributed by atoms with Gasteiger partial charge in [-0.1, -0.05) is 35.4 Å². The minimum absolute atomic E-state index is 0. The fraction of sp³-hybridized carbons (Fsp3) is 0. The molecule has 0 aliphatic carbocycles. The van der Waals surface area contributed by atoms with E-state index in [-0.39, 0.29) is 17.1 Å². The predicted octanol–water partition coefficient (Wildman–Crippen LogP) is 4.39. The minimum Gasteiger partial charge on any atom is -0.336 e. The number of hydrogen-bond donors (Lipinski definition) is 2. The molecule has 0 unspecified atom stereocenters. The topological polar surface area (TPSA) is 56.7 Å². The molecule has 0 fully saturated rings. The molecular formula is C18H15ClFeN4S. The quantitative estimate of drug-likeness (QED) is 0.223. The van der Waals surface area contributed by atoms with E-state index in [0.29, 0.717) is 16.0 Å². The van der Waals surface area contributed by atoms with Gasteiger partial charge in [-0.05, 0) is 5.56 Å². The normalized spacial score (nSPS) is 9.84. The first-order valence-corrected chi connectivity index (χ1v) is 8.07. The molecule has 0 aliphatic heterocycles. The molecule has 0 atom stereocenters. The van der Waals surface area contributed by atoms with Gasteiger partial charge < -0.3 is 5.84 Å². The van der Waals surface area contributed by atoms with Gasteiger partial charge in [0.25, 0.3) is 0 Å². The fourth-order valence-corrected chi connectivity index (χ4v) is 2.60. The maximum atomic E-state index is 6.08. The van der Waals surface area contributed by atoms with Gasteiger partial charge in [0, 0.05) is 5.02 Å². The second-order valence-electron chi connectivity index (χ2n) is 5.02. The van der Waals surface area contributed by atoms with Crippen molar-refractivity contribution in [2.24, 2.45) is 0 Å². The van der Waals surface area contributed by atoms with E-state index in [1.54, 1.807) is 6.07 Å². The molecule has 3 aromatic carbocycles. The van der Waals surface area contributed by atoms with Gasteiger partial charge >= 0.3 is 17.1 Å². The smallest absolute Gasteiger partial charge is 0.336 e. The molecule has 4 rings (SSSR count). The number of thiol groups is 1. The van der Waals surface area contributed by atoms with Crippen LogP contribution < -0.4 is 5.84 Å². The molecule has 4 aromatic rings. The Morgan fingerprint density at radius 2 is 1.76 bits per heavy atom. The first-order valence-electron chi connectivity index (χ1n) is 7.25. The number of rotatable bonds is 2. The van der Waals surface area contributed by atoms with Crippen LogP contribution in [0.3, 0.4) is 0 Å². The number of nitrogen functional groups attached to an aromatic ring is 1. The molecule has 0 amide bonds. The molecule has 0 spiro atoms. The van der Waals surface area contributed by atoms with Gasteiger partial charge in [-0.15, -0.1) is 40.5 Å². The van der Waals surface area contributed by atoms with Gasteiger partial charge in [0.1, 0.15) is 0 Å². The van der Waals surface area contributed by atoms with E-state index >= 15 is 0 Å². The maximum absolute atomic E-state index is 6.08. The van der Waals surface area contributed by atoms with Crippen LogP contribution in [0.25, 0.3) is 22.5 Å². The van der Waals surface area contributed by atoms with Crippen molar-refractivity contribution in [2.45, 2.75) is 5.16 Å². The van der Waals surface area contributed by atoms with E-state index in [9.17, 15) is 0 Å². The van der Waals surface area contributed by atoms with Gasteiger partial charge in [0.2, 0.25) is 5.16 Å². The van der Waals surface area contributed by atoms with Crippen LogP contribution in [0.2, 0.25) is 5.02 Å². The van der Waals surface area contributed by atoms with Crippen molar-refractivity contribution in [2.75, 3.05) is 5.84 Å². The van der Waals surface area contributed by atoms with Crippen molar-refractivity contribution in [1.82, 2.24) is 14.9 Å². The SMILES string of the molecule is Nn1c(S)nnc1-c1ccc(Cl)cc1-[c-]1cccc1.[Fe+2].c1cc[cH-]c1. The largest absolute Gasteiger partial charge is 2.00 e. The Balaban J connectivity index is 0.000000325. The molecule has 1 heterocycles. The molecule has 128 valence electrons. The van der Waals surface area contributed by atoms with E-state index in [2.05, 4.69) is 22.8 Å². The van der Waals surface area contributed by atoms with Gasteiger partial charge in [0.05, 0.1) is 0 Å². The number of halogens is 1. The van der Waals surface area contributed by atoms with Crippen molar-refractivity contribution >= 4 is 24.2 Å². The van der Waals surface area contributed by atoms with Crippen molar-refractivity contribution in [1.29, 1.82) is 0 Å². The van der Waals surface area contributed by atoms with Crippen molar-refractivity contribution in [3.05, 3.63) is 77.8 Å². The first-order chi connectivity index (χ1) is 11.7. The third-order valence-corrected chi connectivity index (χ3v) is 3.97. The molecule has 7 heteroatoms. The summed E-state index contributed by atoms with van der Waals surface area (Å²) < 4.78 is 1.35. The van der Waals surface area contributed by atoms with Crippen LogP contribution in [0.1, 0.15) is 0 Å². The Bertz CT molecular complexity index is 884. The maximum Gasteiger partial charge on any atom is 2.00 e. The van der Waals surface area contributed by atoms with Crippen molar-refractivity contribution < 1.29 is 17.1 Å². The van der Waals surface area contributed by atoms with Crippen LogP contribution in [-0.2, 0) is 17.1 Å². The summed E-state index contributed by atoms with van der Waals surface area (Å²) in [5.74, 6) is 6.43. The molecule has 25 heavy (non-hydrogen) atoms. The average molecular weight is 411 g/mol. The molecule has 0 aliphatic rings. The average Bonchev–Trinajstić information content (AvgIpc) is 3.33. The fourth-order valence-electron chi connectivity index (χ4n) is 2.29. The van der Waals surface area contributed by atoms with Crippen LogP contribution in [-0.4, -0.2) is 14.9 Å². The Kier molecular flexibility index (Phi) is 6.90. The molecule has 4 nitrogen and oxygen atoms in total. The molecule has 0 saturated heterocycles. The monoisotopic (exact) mass is 410 g/mol. The van der Waals surface area contributed by atoms with Crippen LogP contribution in [0.5, 0.6) is 0 Å². The Morgan fingerprint density at radius 1 is 1.08 bits per heavy atom. The molecule has 2 N–H and O–H groups in total. The van der Waals surface area contributed by atoms with Gasteiger partial charge in [0.15, 0.2) is 5.82 Å². The second-order valence-corrected chi connectivity index (χ2v) is 5.86. The molecule has 0 radical (unpaired) electrons. The summed E-state index contributed by atoms with van der Waals surface area (Å²) in [5.41, 5.74) is 2.89. The first kappa shape index (κ1) is 19.3. The van der Waals surface area contributed by atoms with Gasteiger partial charge in [-0.2, -0.15) is 30.3 Å². The summed E-state index contributed by atoms with van der Waals surface area (Å²) >= 11 is 10.2. The molecule has 0 saturated carbocycles. The summed E-state index contributed by atoms with van der Waals surface area (Å²) in [5, 5.41) is 8.93. The zero-order valence-corrected chi connectivity index (χ0v) is 15.8. The van der Waals surface area contributed by atoms with E-state index in [0.717, 1.165) is 16.7 Å². The van der Waals surface area contributed by atoms with E-state index in [1.807, 2.05) is 66.7 Å². The second kappa shape index (κ2) is 8.92. The minimum atomic E-state index is 0. The molecule has 0 bridgehead atoms. The molecule has 1 aromatic heterocycles. The van der Waals surface area contributed by atoms with Crippen LogP contribution in [0.4, 0.5) is 0 Å². The predicted molar refractivity (Wildman–Crippen MR) is 101 cm³/mol. The number of hydrogen-bond acceptors (Lipinski definition) is 4. The number of aromatic nitrogens is 3. The standard InChI is InChI=1S/C13H10ClN4S.C5H5.Fe/c14-9-5-6-10(12-16-17-13(19)18(12)15)11(7-9)8-3-1-2-4-8;1-2-4-5-3-1;/h1-7H,15H2,(H,17,19);1-5H;/q2*-1;+2. The number of benzene rings is 1. The summed E-state index contributed by atoms with van der Waals surface area (Å²) in [4.78, 5) is 0. The van der Waals surface area contributed by atoms with Crippen molar-refractivity contribution in [3.8, 4) is 22.5 Å². The summed E-state index contributed by atoms with van der Waals surface area (Å²) in [6.07, 6.45) is 0. The summed E-state index contributed by atoms with van der Waals surface area (Å²) in [7, 11) is 0. The zero-order valence-electron chi connectivity index (χ0n) is 13.0. The summed E-state index contributed by atoms with van der Waals surface area (Å²) in [6.45, 7) is 0. The van der Waals surface area contributed by atoms with Crippen molar-refractivity contribution in [3.63, 3.8) is 0 Å². The van der Waals surface area contributed by atoms with E-state index < -0.39 is 0 Å². The summed E-state index contributed by atoms with van der Waals surface area (Å²) in [6, 6.07) is 23.5. The van der Waals surface area contributed by atoms with Gasteiger partial charge in [-0.25, -0.2) is 16.8 Å². The Morgan fingerprint density at radius 3 is 2.28 bits per heavy atom. The third-order valence-electron chi connectivity index (χ3n) is 3.43. The van der Waals surface area contributed by atoms with Crippen LogP contribution in [0, 0.1) is 0 Å². The zero-order chi connectivity index (χ0) is 16.9. The molecular weight excluding hydrogens is 396 g/mol. The van der Waals surface area contributed by atoms with Crippen LogP contribution >= 0.6 is 24.2 Å². The van der Waals surface area contributed by atoms with Gasteiger partial charge in [-0.3, -0.25) is 0 Å². The van der Waals surface area contributed by atoms with E-state index in [4.69, 9.17) is 17.4 Å². The Labute approximate surface area is 167 Å². The third kappa shape index (κ3) is 4.55.